The Bertz CT molecular complexity index is 1100. The third kappa shape index (κ3) is 4.04. The van der Waals surface area contributed by atoms with Crippen LogP contribution in [0.15, 0.2) is 45.8 Å². The first-order chi connectivity index (χ1) is 13.1. The predicted octanol–water partition coefficient (Wildman–Crippen LogP) is 5.81. The van der Waals surface area contributed by atoms with Crippen molar-refractivity contribution in [3.8, 4) is 17.2 Å². The second kappa shape index (κ2) is 7.32. The van der Waals surface area contributed by atoms with Crippen LogP contribution in [-0.2, 0) is 4.79 Å². The first kappa shape index (κ1) is 20.0. The molecule has 0 aliphatic rings. The van der Waals surface area contributed by atoms with Crippen molar-refractivity contribution in [3.05, 3.63) is 63.0 Å². The molecule has 0 saturated heterocycles. The van der Waals surface area contributed by atoms with Crippen LogP contribution in [0, 0.1) is 19.3 Å². The van der Waals surface area contributed by atoms with Gasteiger partial charge in [0.2, 0.25) is 11.2 Å². The SMILES string of the molecule is Cc1cc(Oc2coc3cc(OC(=O)C(C)(C)C)ccc3c2=O)cc(C)c1Cl. The van der Waals surface area contributed by atoms with Crippen LogP contribution in [0.2, 0.25) is 5.02 Å². The molecule has 5 nitrogen and oxygen atoms in total. The predicted molar refractivity (Wildman–Crippen MR) is 109 cm³/mol. The molecule has 0 radical (unpaired) electrons. The van der Waals surface area contributed by atoms with E-state index in [0.29, 0.717) is 27.5 Å². The smallest absolute Gasteiger partial charge is 0.316 e. The Kier molecular flexibility index (Phi) is 5.22. The van der Waals surface area contributed by atoms with Crippen LogP contribution in [0.3, 0.4) is 0 Å². The molecule has 0 aliphatic heterocycles. The fourth-order valence-electron chi connectivity index (χ4n) is 2.58. The van der Waals surface area contributed by atoms with Crippen molar-refractivity contribution in [2.45, 2.75) is 34.6 Å². The van der Waals surface area contributed by atoms with Crippen molar-refractivity contribution >= 4 is 28.5 Å². The topological polar surface area (TPSA) is 65.7 Å². The molecule has 146 valence electrons. The lowest BCUT2D eigenvalue weighted by atomic mass is 9.97. The van der Waals surface area contributed by atoms with Gasteiger partial charge in [0, 0.05) is 11.1 Å². The van der Waals surface area contributed by atoms with E-state index in [4.69, 9.17) is 25.5 Å². The molecule has 3 rings (SSSR count). The molecule has 0 fully saturated rings. The zero-order chi connectivity index (χ0) is 20.6. The Morgan fingerprint density at radius 1 is 1.04 bits per heavy atom. The molecule has 2 aromatic carbocycles. The molecule has 3 aromatic rings. The van der Waals surface area contributed by atoms with E-state index < -0.39 is 5.41 Å². The second-order valence-corrected chi connectivity index (χ2v) is 8.08. The number of rotatable bonds is 3. The van der Waals surface area contributed by atoms with Crippen molar-refractivity contribution in [2.75, 3.05) is 0 Å². The maximum Gasteiger partial charge on any atom is 0.316 e. The Hall–Kier alpha value is -2.79. The first-order valence-electron chi connectivity index (χ1n) is 8.78. The van der Waals surface area contributed by atoms with E-state index in [-0.39, 0.29) is 17.1 Å². The zero-order valence-corrected chi connectivity index (χ0v) is 17.1. The summed E-state index contributed by atoms with van der Waals surface area (Å²) in [6, 6.07) is 8.14. The van der Waals surface area contributed by atoms with Gasteiger partial charge in [-0.15, -0.1) is 0 Å². The second-order valence-electron chi connectivity index (χ2n) is 7.70. The summed E-state index contributed by atoms with van der Waals surface area (Å²) >= 11 is 6.17. The normalized spacial score (nSPS) is 11.5. The highest BCUT2D eigenvalue weighted by molar-refractivity contribution is 6.32. The molecule has 0 unspecified atom stereocenters. The number of carbonyl (C=O) groups excluding carboxylic acids is 1. The van der Waals surface area contributed by atoms with Crippen LogP contribution in [0.1, 0.15) is 31.9 Å². The van der Waals surface area contributed by atoms with Crippen LogP contribution in [0.5, 0.6) is 17.2 Å². The minimum atomic E-state index is -0.637. The Morgan fingerprint density at radius 2 is 1.68 bits per heavy atom. The number of ether oxygens (including phenoxy) is 2. The standard InChI is InChI=1S/C22H21ClO5/c1-12-8-15(9-13(2)19(12)23)27-18-11-26-17-10-14(6-7-16(17)20(18)24)28-21(25)22(3,4)5/h6-11H,1-5H3. The summed E-state index contributed by atoms with van der Waals surface area (Å²) in [4.78, 5) is 24.8. The summed E-state index contributed by atoms with van der Waals surface area (Å²) in [5, 5.41) is 0.991. The maximum absolute atomic E-state index is 12.7. The molecule has 0 atom stereocenters. The number of benzene rings is 2. The molecule has 1 aromatic heterocycles. The van der Waals surface area contributed by atoms with E-state index in [1.54, 1.807) is 45.0 Å². The third-order valence-corrected chi connectivity index (χ3v) is 4.77. The van der Waals surface area contributed by atoms with E-state index in [2.05, 4.69) is 0 Å². The molecule has 0 spiro atoms. The maximum atomic E-state index is 12.7. The van der Waals surface area contributed by atoms with Gasteiger partial charge in [-0.05, 0) is 70.0 Å². The van der Waals surface area contributed by atoms with E-state index in [0.717, 1.165) is 11.1 Å². The molecule has 28 heavy (non-hydrogen) atoms. The molecule has 0 bridgehead atoms. The van der Waals surface area contributed by atoms with Crippen molar-refractivity contribution < 1.29 is 18.7 Å². The minimum Gasteiger partial charge on any atom is -0.460 e. The number of fused-ring (bicyclic) bond motifs is 1. The Balaban J connectivity index is 1.93. The highest BCUT2D eigenvalue weighted by Crippen LogP contribution is 2.29. The summed E-state index contributed by atoms with van der Waals surface area (Å²) in [7, 11) is 0. The van der Waals surface area contributed by atoms with Crippen molar-refractivity contribution in [2.24, 2.45) is 5.41 Å². The van der Waals surface area contributed by atoms with Gasteiger partial charge in [0.25, 0.3) is 0 Å². The van der Waals surface area contributed by atoms with Gasteiger partial charge < -0.3 is 13.9 Å². The van der Waals surface area contributed by atoms with E-state index in [9.17, 15) is 9.59 Å². The summed E-state index contributed by atoms with van der Waals surface area (Å²) in [5.41, 5.74) is 1.06. The average Bonchev–Trinajstić information content (AvgIpc) is 2.61. The molecule has 0 N–H and O–H groups in total. The molecule has 0 saturated carbocycles. The number of esters is 1. The Morgan fingerprint density at radius 3 is 2.29 bits per heavy atom. The van der Waals surface area contributed by atoms with Crippen LogP contribution in [0.4, 0.5) is 0 Å². The lowest BCUT2D eigenvalue weighted by molar-refractivity contribution is -0.142. The Labute approximate surface area is 167 Å². The van der Waals surface area contributed by atoms with Crippen molar-refractivity contribution in [3.63, 3.8) is 0 Å². The van der Waals surface area contributed by atoms with E-state index in [1.165, 1.54) is 12.3 Å². The largest absolute Gasteiger partial charge is 0.460 e. The van der Waals surface area contributed by atoms with Gasteiger partial charge in [-0.3, -0.25) is 9.59 Å². The van der Waals surface area contributed by atoms with Gasteiger partial charge in [-0.2, -0.15) is 0 Å². The van der Waals surface area contributed by atoms with Crippen LogP contribution >= 0.6 is 11.6 Å². The monoisotopic (exact) mass is 400 g/mol. The van der Waals surface area contributed by atoms with E-state index in [1.807, 2.05) is 13.8 Å². The summed E-state index contributed by atoms with van der Waals surface area (Å²) in [6.45, 7) is 9.03. The van der Waals surface area contributed by atoms with Gasteiger partial charge in [-0.25, -0.2) is 0 Å². The summed E-state index contributed by atoms with van der Waals surface area (Å²) in [5.74, 6) is 0.505. The molecule has 6 heteroatoms. The molecular weight excluding hydrogens is 380 g/mol. The van der Waals surface area contributed by atoms with Gasteiger partial charge in [0.15, 0.2) is 0 Å². The van der Waals surface area contributed by atoms with E-state index >= 15 is 0 Å². The van der Waals surface area contributed by atoms with Gasteiger partial charge in [0.05, 0.1) is 10.8 Å². The molecule has 0 amide bonds. The lowest BCUT2D eigenvalue weighted by Crippen LogP contribution is -2.25. The van der Waals surface area contributed by atoms with Crippen LogP contribution < -0.4 is 14.9 Å². The number of halogens is 1. The molecule has 0 aliphatic carbocycles. The highest BCUT2D eigenvalue weighted by atomic mass is 35.5. The minimum absolute atomic E-state index is 0.0630. The molecule has 1 heterocycles. The van der Waals surface area contributed by atoms with Gasteiger partial charge in [-0.1, -0.05) is 11.6 Å². The lowest BCUT2D eigenvalue weighted by Gasteiger charge is -2.16. The van der Waals surface area contributed by atoms with Crippen LogP contribution in [-0.4, -0.2) is 5.97 Å². The van der Waals surface area contributed by atoms with Gasteiger partial charge >= 0.3 is 5.97 Å². The quantitative estimate of drug-likeness (QED) is 0.410. The third-order valence-electron chi connectivity index (χ3n) is 4.18. The van der Waals surface area contributed by atoms with Gasteiger partial charge in [0.1, 0.15) is 23.3 Å². The van der Waals surface area contributed by atoms with Crippen LogP contribution in [0.25, 0.3) is 11.0 Å². The number of carbonyl (C=O) groups is 1. The average molecular weight is 401 g/mol. The van der Waals surface area contributed by atoms with Crippen molar-refractivity contribution in [1.82, 2.24) is 0 Å². The number of hydrogen-bond acceptors (Lipinski definition) is 5. The zero-order valence-electron chi connectivity index (χ0n) is 16.4. The summed E-state index contributed by atoms with van der Waals surface area (Å²) < 4.78 is 16.6. The van der Waals surface area contributed by atoms with Crippen molar-refractivity contribution in [1.29, 1.82) is 0 Å². The number of aryl methyl sites for hydroxylation is 2. The fraction of sp³-hybridized carbons (Fsp3) is 0.273. The highest BCUT2D eigenvalue weighted by Gasteiger charge is 2.24. The number of hydrogen-bond donors (Lipinski definition) is 0. The first-order valence-corrected chi connectivity index (χ1v) is 9.16. The fourth-order valence-corrected chi connectivity index (χ4v) is 2.69. The summed E-state index contributed by atoms with van der Waals surface area (Å²) in [6.07, 6.45) is 1.25. The molecular formula is C22H21ClO5.